The fraction of sp³-hybridized carbons (Fsp3) is 0.346. The number of nitrogens with one attached hydrogen (secondary N) is 2. The van der Waals surface area contributed by atoms with Gasteiger partial charge in [-0.25, -0.2) is 9.48 Å². The molecule has 1 saturated heterocycles. The maximum Gasteiger partial charge on any atom is 0.324 e. The topological polar surface area (TPSA) is 99.5 Å². The molecule has 8 nitrogen and oxygen atoms in total. The molecule has 190 valence electrons. The van der Waals surface area contributed by atoms with Crippen molar-refractivity contribution in [1.82, 2.24) is 14.7 Å². The van der Waals surface area contributed by atoms with Crippen molar-refractivity contribution >= 4 is 46.6 Å². The van der Waals surface area contributed by atoms with Crippen LogP contribution >= 0.6 is 23.2 Å². The first-order valence-electron chi connectivity index (χ1n) is 11.7. The van der Waals surface area contributed by atoms with Crippen LogP contribution in [0.4, 0.5) is 16.3 Å². The van der Waals surface area contributed by atoms with Crippen LogP contribution in [0.15, 0.2) is 48.5 Å². The van der Waals surface area contributed by atoms with E-state index in [1.165, 1.54) is 0 Å². The van der Waals surface area contributed by atoms with Crippen molar-refractivity contribution in [3.8, 4) is 5.69 Å². The van der Waals surface area contributed by atoms with Crippen molar-refractivity contribution in [2.75, 3.05) is 23.7 Å². The third-order valence-corrected chi connectivity index (χ3v) is 6.79. The van der Waals surface area contributed by atoms with E-state index < -0.39 is 12.1 Å². The third-order valence-electron chi connectivity index (χ3n) is 5.97. The molecule has 2 heterocycles. The van der Waals surface area contributed by atoms with E-state index in [9.17, 15) is 14.7 Å². The van der Waals surface area contributed by atoms with Crippen molar-refractivity contribution < 1.29 is 14.7 Å². The molecule has 1 unspecified atom stereocenters. The molecule has 0 aliphatic carbocycles. The second kappa shape index (κ2) is 10.5. The Kier molecular flexibility index (Phi) is 7.59. The summed E-state index contributed by atoms with van der Waals surface area (Å²) >= 11 is 12.3. The van der Waals surface area contributed by atoms with Gasteiger partial charge in [0.15, 0.2) is 0 Å². The lowest BCUT2D eigenvalue weighted by molar-refractivity contribution is -0.129. The fourth-order valence-electron chi connectivity index (χ4n) is 3.91. The van der Waals surface area contributed by atoms with Crippen LogP contribution in [0, 0.1) is 0 Å². The third kappa shape index (κ3) is 6.00. The number of hydrogen-bond donors (Lipinski definition) is 3. The molecule has 1 fully saturated rings. The van der Waals surface area contributed by atoms with Crippen LogP contribution in [-0.4, -0.2) is 50.9 Å². The fourth-order valence-corrected chi connectivity index (χ4v) is 4.26. The first kappa shape index (κ1) is 26.0. The van der Waals surface area contributed by atoms with Crippen LogP contribution in [0.3, 0.4) is 0 Å². The second-order valence-corrected chi connectivity index (χ2v) is 10.7. The van der Waals surface area contributed by atoms with E-state index in [1.54, 1.807) is 27.8 Å². The minimum Gasteiger partial charge on any atom is -0.391 e. The van der Waals surface area contributed by atoms with Gasteiger partial charge in [-0.15, -0.1) is 0 Å². The number of aromatic nitrogens is 2. The van der Waals surface area contributed by atoms with Crippen molar-refractivity contribution in [3.05, 3.63) is 69.8 Å². The molecule has 3 aromatic rings. The van der Waals surface area contributed by atoms with Crippen LogP contribution in [-0.2, 0) is 16.6 Å². The standard InChI is InChI=1S/C26H29Cl2N5O3/c1-26(2,3)21-14-22(30-25(36)29-20-6-4-5-19(27)24(20)28)33(31-21)17-9-7-16(8-10-17)13-23(35)32-12-11-18(34)15-32/h4-10,14,18,34H,11-13,15H2,1-3H3,(H2,29,30,36). The Morgan fingerprint density at radius 2 is 1.83 bits per heavy atom. The minimum absolute atomic E-state index is 0.00730. The molecule has 0 radical (unpaired) electrons. The highest BCUT2D eigenvalue weighted by Crippen LogP contribution is 2.30. The van der Waals surface area contributed by atoms with Crippen molar-refractivity contribution in [2.45, 2.75) is 45.1 Å². The van der Waals surface area contributed by atoms with Gasteiger partial charge in [0.2, 0.25) is 5.91 Å². The second-order valence-electron chi connectivity index (χ2n) is 9.88. The molecule has 0 bridgehead atoms. The lowest BCUT2D eigenvalue weighted by Crippen LogP contribution is -2.30. The number of β-amino-alcohol motifs (C(OH)–C–C–N with tert-alkyl or cyclic N) is 1. The Morgan fingerprint density at radius 1 is 1.11 bits per heavy atom. The predicted octanol–water partition coefficient (Wildman–Crippen LogP) is 5.26. The molecule has 2 aromatic carbocycles. The first-order valence-corrected chi connectivity index (χ1v) is 12.4. The molecular formula is C26H29Cl2N5O3. The molecule has 1 atom stereocenters. The quantitative estimate of drug-likeness (QED) is 0.419. The summed E-state index contributed by atoms with van der Waals surface area (Å²) in [4.78, 5) is 27.0. The van der Waals surface area contributed by atoms with E-state index in [1.807, 2.05) is 51.1 Å². The zero-order chi connectivity index (χ0) is 26.0. The van der Waals surface area contributed by atoms with Gasteiger partial charge >= 0.3 is 6.03 Å². The van der Waals surface area contributed by atoms with Gasteiger partial charge in [-0.2, -0.15) is 5.10 Å². The largest absolute Gasteiger partial charge is 0.391 e. The summed E-state index contributed by atoms with van der Waals surface area (Å²) in [7, 11) is 0. The molecular weight excluding hydrogens is 501 g/mol. The number of aliphatic hydroxyl groups excluding tert-OH is 1. The van der Waals surface area contributed by atoms with E-state index in [2.05, 4.69) is 10.6 Å². The van der Waals surface area contributed by atoms with E-state index in [-0.39, 0.29) is 22.8 Å². The summed E-state index contributed by atoms with van der Waals surface area (Å²) in [6, 6.07) is 13.8. The minimum atomic E-state index is -0.490. The average molecular weight is 530 g/mol. The maximum absolute atomic E-state index is 12.8. The Labute approximate surface area is 220 Å². The average Bonchev–Trinajstić information content (AvgIpc) is 3.44. The zero-order valence-electron chi connectivity index (χ0n) is 20.4. The normalized spacial score (nSPS) is 15.7. The van der Waals surface area contributed by atoms with E-state index in [4.69, 9.17) is 28.3 Å². The van der Waals surface area contributed by atoms with Crippen LogP contribution in [0.1, 0.15) is 38.4 Å². The zero-order valence-corrected chi connectivity index (χ0v) is 21.9. The lowest BCUT2D eigenvalue weighted by Gasteiger charge is -2.16. The summed E-state index contributed by atoms with van der Waals surface area (Å²) in [6.45, 7) is 7.09. The van der Waals surface area contributed by atoms with Crippen molar-refractivity contribution in [3.63, 3.8) is 0 Å². The number of hydrogen-bond acceptors (Lipinski definition) is 4. The first-order chi connectivity index (χ1) is 17.0. The predicted molar refractivity (Wildman–Crippen MR) is 142 cm³/mol. The molecule has 1 aliphatic heterocycles. The number of carbonyl (C=O) groups is 2. The number of amides is 3. The highest BCUT2D eigenvalue weighted by molar-refractivity contribution is 6.44. The molecule has 0 saturated carbocycles. The van der Waals surface area contributed by atoms with Crippen molar-refractivity contribution in [1.29, 1.82) is 0 Å². The Hall–Kier alpha value is -3.07. The number of benzene rings is 2. The molecule has 1 aliphatic rings. The Morgan fingerprint density at radius 3 is 2.47 bits per heavy atom. The van der Waals surface area contributed by atoms with Crippen LogP contribution in [0.25, 0.3) is 5.69 Å². The monoisotopic (exact) mass is 529 g/mol. The number of anilines is 2. The molecule has 3 amide bonds. The number of aliphatic hydroxyl groups is 1. The lowest BCUT2D eigenvalue weighted by atomic mass is 9.92. The summed E-state index contributed by atoms with van der Waals surface area (Å²) < 4.78 is 1.65. The van der Waals surface area contributed by atoms with Crippen LogP contribution in [0.2, 0.25) is 10.0 Å². The van der Waals surface area contributed by atoms with Gasteiger partial charge in [-0.1, -0.05) is 62.2 Å². The van der Waals surface area contributed by atoms with Gasteiger partial charge in [0.05, 0.1) is 39.6 Å². The SMILES string of the molecule is CC(C)(C)c1cc(NC(=O)Nc2cccc(Cl)c2Cl)n(-c2ccc(CC(=O)N3CCC(O)C3)cc2)n1. The molecule has 10 heteroatoms. The number of urea groups is 1. The Balaban J connectivity index is 1.53. The molecule has 4 rings (SSSR count). The number of nitrogens with zero attached hydrogens (tertiary/aromatic N) is 3. The Bertz CT molecular complexity index is 1270. The van der Waals surface area contributed by atoms with Gasteiger partial charge in [-0.3, -0.25) is 10.1 Å². The van der Waals surface area contributed by atoms with Gasteiger partial charge in [0.1, 0.15) is 5.82 Å². The van der Waals surface area contributed by atoms with Crippen molar-refractivity contribution in [2.24, 2.45) is 0 Å². The number of halogens is 2. The smallest absolute Gasteiger partial charge is 0.324 e. The highest BCUT2D eigenvalue weighted by atomic mass is 35.5. The summed E-state index contributed by atoms with van der Waals surface area (Å²) in [6.07, 6.45) is 0.436. The molecule has 3 N–H and O–H groups in total. The van der Waals surface area contributed by atoms with Crippen LogP contribution in [0.5, 0.6) is 0 Å². The number of likely N-dealkylation sites (tertiary alicyclic amines) is 1. The maximum atomic E-state index is 12.8. The van der Waals surface area contributed by atoms with E-state index in [0.29, 0.717) is 36.0 Å². The summed E-state index contributed by atoms with van der Waals surface area (Å²) in [5.74, 6) is 0.470. The number of rotatable bonds is 5. The van der Waals surface area contributed by atoms with Gasteiger partial charge in [-0.05, 0) is 36.2 Å². The summed E-state index contributed by atoms with van der Waals surface area (Å²) in [5.41, 5.74) is 2.53. The van der Waals surface area contributed by atoms with Crippen LogP contribution < -0.4 is 10.6 Å². The molecule has 0 spiro atoms. The number of carbonyl (C=O) groups excluding carboxylic acids is 2. The molecule has 36 heavy (non-hydrogen) atoms. The van der Waals surface area contributed by atoms with Gasteiger partial charge in [0, 0.05) is 24.6 Å². The van der Waals surface area contributed by atoms with E-state index in [0.717, 1.165) is 16.9 Å². The van der Waals surface area contributed by atoms with Gasteiger partial charge in [0.25, 0.3) is 0 Å². The highest BCUT2D eigenvalue weighted by Gasteiger charge is 2.25. The summed E-state index contributed by atoms with van der Waals surface area (Å²) in [5, 5.41) is 20.6. The van der Waals surface area contributed by atoms with Gasteiger partial charge < -0.3 is 15.3 Å². The van der Waals surface area contributed by atoms with E-state index >= 15 is 0 Å². The molecule has 1 aromatic heterocycles.